The van der Waals surface area contributed by atoms with E-state index >= 15 is 0 Å². The Morgan fingerprint density at radius 1 is 0.927 bits per heavy atom. The van der Waals surface area contributed by atoms with E-state index in [1.165, 1.54) is 30.0 Å². The summed E-state index contributed by atoms with van der Waals surface area (Å²) in [6, 6.07) is 19.1. The Labute approximate surface area is 237 Å². The van der Waals surface area contributed by atoms with E-state index in [-0.39, 0.29) is 36.6 Å². The largest absolute Gasteiger partial charge is 0.390 e. The first-order valence-corrected chi connectivity index (χ1v) is 13.8. The summed E-state index contributed by atoms with van der Waals surface area (Å²) in [6.45, 7) is 2.68. The Morgan fingerprint density at radius 2 is 1.63 bits per heavy atom. The molecule has 3 aromatic carbocycles. The fraction of sp³-hybridized carbons (Fsp3) is 0.323. The summed E-state index contributed by atoms with van der Waals surface area (Å²) in [5, 5.41) is 22.4. The lowest BCUT2D eigenvalue weighted by Gasteiger charge is -2.25. The Morgan fingerprint density at radius 3 is 2.37 bits per heavy atom. The third-order valence-corrected chi connectivity index (χ3v) is 7.26. The maximum atomic E-state index is 13.9. The van der Waals surface area contributed by atoms with Crippen LogP contribution < -0.4 is 20.5 Å². The second kappa shape index (κ2) is 13.0. The molecule has 1 fully saturated rings. The molecule has 5 rings (SSSR count). The number of aliphatic hydroxyl groups is 1. The van der Waals surface area contributed by atoms with E-state index in [0.29, 0.717) is 12.2 Å². The Balaban J connectivity index is 1.26. The summed E-state index contributed by atoms with van der Waals surface area (Å²) in [4.78, 5) is 28.0. The SMILES string of the molecule is O=C(N[C@@H](Cc1cc(F)cc(F)c1)[C@H](O)CNCc1cccc(N2CCCC2)c1)C1=NN(c2ccccc2)C(=O)C1. The van der Waals surface area contributed by atoms with Gasteiger partial charge in [0.05, 0.1) is 24.3 Å². The number of amides is 2. The number of hydrogen-bond donors (Lipinski definition) is 3. The van der Waals surface area contributed by atoms with Crippen LogP contribution in [0.5, 0.6) is 0 Å². The molecule has 3 N–H and O–H groups in total. The number of anilines is 2. The monoisotopic (exact) mass is 561 g/mol. The molecule has 8 nitrogen and oxygen atoms in total. The Kier molecular flexibility index (Phi) is 9.01. The lowest BCUT2D eigenvalue weighted by Crippen LogP contribution is -2.50. The fourth-order valence-corrected chi connectivity index (χ4v) is 5.19. The maximum absolute atomic E-state index is 13.9. The van der Waals surface area contributed by atoms with Crippen molar-refractivity contribution in [2.45, 2.75) is 44.4 Å². The molecule has 2 heterocycles. The second-order valence-corrected chi connectivity index (χ2v) is 10.4. The van der Waals surface area contributed by atoms with Crippen molar-refractivity contribution >= 4 is 28.9 Å². The standard InChI is InChI=1S/C31H33F2N5O3/c32-23-13-22(14-24(33)17-23)16-27(35-31(41)28-18-30(40)38(36-28)25-8-2-1-3-9-25)29(39)20-34-19-21-7-6-10-26(15-21)37-11-4-5-12-37/h1-3,6-10,13-15,17,27,29,34,39H,4-5,11-12,16,18-20H2,(H,35,41)/t27-,29+/m0/s1. The van der Waals surface area contributed by atoms with Crippen LogP contribution in [-0.4, -0.2) is 54.4 Å². The highest BCUT2D eigenvalue weighted by molar-refractivity contribution is 6.44. The maximum Gasteiger partial charge on any atom is 0.268 e. The number of hydrogen-bond acceptors (Lipinski definition) is 6. The molecule has 2 aliphatic heterocycles. The van der Waals surface area contributed by atoms with Gasteiger partial charge in [-0.05, 0) is 66.8 Å². The number of hydrazone groups is 1. The molecule has 0 spiro atoms. The van der Waals surface area contributed by atoms with E-state index in [0.717, 1.165) is 30.4 Å². The number of rotatable bonds is 11. The molecule has 3 aromatic rings. The molecule has 2 atom stereocenters. The summed E-state index contributed by atoms with van der Waals surface area (Å²) in [7, 11) is 0. The van der Waals surface area contributed by atoms with Gasteiger partial charge >= 0.3 is 0 Å². The van der Waals surface area contributed by atoms with Crippen molar-refractivity contribution in [3.05, 3.63) is 95.6 Å². The summed E-state index contributed by atoms with van der Waals surface area (Å²) in [5.74, 6) is -2.49. The van der Waals surface area contributed by atoms with Crippen molar-refractivity contribution in [2.75, 3.05) is 29.5 Å². The molecule has 0 aromatic heterocycles. The molecular formula is C31H33F2N5O3. The van der Waals surface area contributed by atoms with Crippen molar-refractivity contribution in [1.82, 2.24) is 10.6 Å². The molecule has 214 valence electrons. The van der Waals surface area contributed by atoms with E-state index in [9.17, 15) is 23.5 Å². The third kappa shape index (κ3) is 7.33. The average molecular weight is 562 g/mol. The normalized spacial score (nSPS) is 16.6. The first kappa shape index (κ1) is 28.4. The molecule has 0 radical (unpaired) electrons. The summed E-state index contributed by atoms with van der Waals surface area (Å²) >= 11 is 0. The van der Waals surface area contributed by atoms with Gasteiger partial charge in [-0.1, -0.05) is 30.3 Å². The summed E-state index contributed by atoms with van der Waals surface area (Å²) in [6.07, 6.45) is 1.03. The highest BCUT2D eigenvalue weighted by Gasteiger charge is 2.32. The molecular weight excluding hydrogens is 528 g/mol. The van der Waals surface area contributed by atoms with Gasteiger partial charge in [-0.2, -0.15) is 10.1 Å². The van der Waals surface area contributed by atoms with Crippen LogP contribution in [0.15, 0.2) is 77.9 Å². The molecule has 0 aliphatic carbocycles. The molecule has 0 bridgehead atoms. The number of carbonyl (C=O) groups excluding carboxylic acids is 2. The molecule has 10 heteroatoms. The van der Waals surface area contributed by atoms with Crippen molar-refractivity contribution in [3.63, 3.8) is 0 Å². The minimum atomic E-state index is -1.10. The number of nitrogens with zero attached hydrogens (tertiary/aromatic N) is 3. The zero-order chi connectivity index (χ0) is 28.8. The van der Waals surface area contributed by atoms with Crippen LogP contribution in [0, 0.1) is 11.6 Å². The Bertz CT molecular complexity index is 1390. The molecule has 2 aliphatic rings. The van der Waals surface area contributed by atoms with Crippen LogP contribution in [0.25, 0.3) is 0 Å². The molecule has 2 amide bonds. The van der Waals surface area contributed by atoms with Crippen LogP contribution >= 0.6 is 0 Å². The topological polar surface area (TPSA) is 97.3 Å². The number of carbonyl (C=O) groups is 2. The van der Waals surface area contributed by atoms with Crippen LogP contribution in [-0.2, 0) is 22.6 Å². The van der Waals surface area contributed by atoms with Gasteiger partial charge < -0.3 is 20.6 Å². The van der Waals surface area contributed by atoms with Crippen molar-refractivity contribution < 1.29 is 23.5 Å². The first-order valence-electron chi connectivity index (χ1n) is 13.8. The van der Waals surface area contributed by atoms with Gasteiger partial charge in [-0.25, -0.2) is 8.78 Å². The minimum Gasteiger partial charge on any atom is -0.390 e. The average Bonchev–Trinajstić information content (AvgIpc) is 3.63. The van der Waals surface area contributed by atoms with Gasteiger partial charge in [0.2, 0.25) is 0 Å². The summed E-state index contributed by atoms with van der Waals surface area (Å²) < 4.78 is 27.8. The number of nitrogens with one attached hydrogen (secondary N) is 2. The minimum absolute atomic E-state index is 0.00633. The molecule has 0 unspecified atom stereocenters. The quantitative estimate of drug-likeness (QED) is 0.333. The molecule has 41 heavy (non-hydrogen) atoms. The smallest absolute Gasteiger partial charge is 0.268 e. The molecule has 0 saturated carbocycles. The van der Waals surface area contributed by atoms with Gasteiger partial charge in [-0.3, -0.25) is 9.59 Å². The van der Waals surface area contributed by atoms with Crippen LogP contribution in [0.4, 0.5) is 20.2 Å². The highest BCUT2D eigenvalue weighted by atomic mass is 19.1. The van der Waals surface area contributed by atoms with Crippen molar-refractivity contribution in [1.29, 1.82) is 0 Å². The number of aliphatic hydroxyl groups excluding tert-OH is 1. The van der Waals surface area contributed by atoms with Crippen LogP contribution in [0.3, 0.4) is 0 Å². The van der Waals surface area contributed by atoms with Gasteiger partial charge in [0.15, 0.2) is 0 Å². The second-order valence-electron chi connectivity index (χ2n) is 10.4. The number of halogens is 2. The van der Waals surface area contributed by atoms with E-state index in [1.54, 1.807) is 30.3 Å². The predicted molar refractivity (Wildman–Crippen MR) is 154 cm³/mol. The number of para-hydroxylation sites is 1. The van der Waals surface area contributed by atoms with Gasteiger partial charge in [-0.15, -0.1) is 0 Å². The van der Waals surface area contributed by atoms with Gasteiger partial charge in [0.25, 0.3) is 11.8 Å². The molecule has 1 saturated heterocycles. The van der Waals surface area contributed by atoms with E-state index in [2.05, 4.69) is 32.8 Å². The summed E-state index contributed by atoms with van der Waals surface area (Å²) in [5.41, 5.74) is 3.02. The first-order chi connectivity index (χ1) is 19.9. The lowest BCUT2D eigenvalue weighted by molar-refractivity contribution is -0.118. The van der Waals surface area contributed by atoms with Gasteiger partial charge in [0, 0.05) is 37.9 Å². The lowest BCUT2D eigenvalue weighted by atomic mass is 10.00. The van der Waals surface area contributed by atoms with E-state index in [1.807, 2.05) is 12.1 Å². The zero-order valence-corrected chi connectivity index (χ0v) is 22.6. The fourth-order valence-electron chi connectivity index (χ4n) is 5.19. The number of benzene rings is 3. The van der Waals surface area contributed by atoms with Crippen molar-refractivity contribution in [2.24, 2.45) is 5.10 Å². The van der Waals surface area contributed by atoms with Crippen LogP contribution in [0.2, 0.25) is 0 Å². The van der Waals surface area contributed by atoms with E-state index < -0.39 is 29.7 Å². The van der Waals surface area contributed by atoms with E-state index in [4.69, 9.17) is 0 Å². The zero-order valence-electron chi connectivity index (χ0n) is 22.6. The van der Waals surface area contributed by atoms with Crippen LogP contribution in [0.1, 0.15) is 30.4 Å². The van der Waals surface area contributed by atoms with Gasteiger partial charge in [0.1, 0.15) is 17.3 Å². The Hall–Kier alpha value is -4.15. The van der Waals surface area contributed by atoms with Crippen molar-refractivity contribution in [3.8, 4) is 0 Å². The third-order valence-electron chi connectivity index (χ3n) is 7.26. The predicted octanol–water partition coefficient (Wildman–Crippen LogP) is 3.54. The highest BCUT2D eigenvalue weighted by Crippen LogP contribution is 2.22.